The number of carbonyl (C=O) groups excluding carboxylic acids is 2. The van der Waals surface area contributed by atoms with E-state index in [4.69, 9.17) is 0 Å². The van der Waals surface area contributed by atoms with Gasteiger partial charge in [-0.25, -0.2) is 12.8 Å². The van der Waals surface area contributed by atoms with Crippen molar-refractivity contribution in [1.82, 2.24) is 10.2 Å². The van der Waals surface area contributed by atoms with Gasteiger partial charge in [0.15, 0.2) is 0 Å². The molecule has 214 valence electrons. The van der Waals surface area contributed by atoms with Crippen LogP contribution in [0.2, 0.25) is 0 Å². The Hall–Kier alpha value is -3.72. The zero-order chi connectivity index (χ0) is 29.8. The molecule has 7 nitrogen and oxygen atoms in total. The monoisotopic (exact) mass is 567 g/mol. The van der Waals surface area contributed by atoms with Gasteiger partial charge in [-0.3, -0.25) is 13.9 Å². The minimum atomic E-state index is -4.18. The van der Waals surface area contributed by atoms with Crippen LogP contribution in [0.4, 0.5) is 10.1 Å². The van der Waals surface area contributed by atoms with Crippen LogP contribution in [0.1, 0.15) is 49.9 Å². The summed E-state index contributed by atoms with van der Waals surface area (Å²) in [4.78, 5) is 28.4. The Morgan fingerprint density at radius 3 is 2.02 bits per heavy atom. The number of amides is 2. The molecule has 0 aliphatic heterocycles. The number of sulfonamides is 1. The van der Waals surface area contributed by atoms with Gasteiger partial charge in [0.25, 0.3) is 10.0 Å². The predicted octanol–water partition coefficient (Wildman–Crippen LogP) is 5.28. The Morgan fingerprint density at radius 2 is 1.48 bits per heavy atom. The first-order chi connectivity index (χ1) is 18.6. The molecule has 0 heterocycles. The fourth-order valence-corrected chi connectivity index (χ4v) is 5.73. The molecule has 0 aromatic heterocycles. The van der Waals surface area contributed by atoms with E-state index in [0.29, 0.717) is 5.69 Å². The molecular formula is C31H38FN3O4S. The van der Waals surface area contributed by atoms with Crippen molar-refractivity contribution in [2.45, 2.75) is 71.5 Å². The molecule has 2 amide bonds. The molecule has 0 spiro atoms. The van der Waals surface area contributed by atoms with Gasteiger partial charge in [-0.2, -0.15) is 0 Å². The quantitative estimate of drug-likeness (QED) is 0.381. The second kappa shape index (κ2) is 12.2. The SMILES string of the molecule is Cc1ccc(S(=O)(=O)N(CC(=O)N(Cc2ccccc2F)[C@@H](C)C(=O)NC(C)(C)C)c2cc(C)cc(C)c2)cc1. The first-order valence-corrected chi connectivity index (χ1v) is 14.5. The number of aryl methyl sites for hydroxylation is 3. The van der Waals surface area contributed by atoms with Crippen LogP contribution in [0.15, 0.2) is 71.6 Å². The van der Waals surface area contributed by atoms with E-state index in [0.717, 1.165) is 21.0 Å². The molecule has 1 atom stereocenters. The van der Waals surface area contributed by atoms with E-state index in [-0.39, 0.29) is 17.0 Å². The number of anilines is 1. The summed E-state index contributed by atoms with van der Waals surface area (Å²) in [7, 11) is -4.18. The molecule has 0 saturated heterocycles. The van der Waals surface area contributed by atoms with Crippen molar-refractivity contribution in [2.75, 3.05) is 10.8 Å². The van der Waals surface area contributed by atoms with Crippen LogP contribution in [-0.4, -0.2) is 43.3 Å². The number of hydrogen-bond donors (Lipinski definition) is 1. The smallest absolute Gasteiger partial charge is 0.264 e. The van der Waals surface area contributed by atoms with Gasteiger partial charge in [0.05, 0.1) is 10.6 Å². The van der Waals surface area contributed by atoms with Crippen molar-refractivity contribution < 1.29 is 22.4 Å². The third-order valence-corrected chi connectivity index (χ3v) is 8.13. The molecule has 0 unspecified atom stereocenters. The highest BCUT2D eigenvalue weighted by molar-refractivity contribution is 7.92. The second-order valence-electron chi connectivity index (χ2n) is 11.2. The zero-order valence-electron chi connectivity index (χ0n) is 24.2. The maximum absolute atomic E-state index is 14.7. The molecule has 0 fully saturated rings. The van der Waals surface area contributed by atoms with Crippen LogP contribution in [0, 0.1) is 26.6 Å². The van der Waals surface area contributed by atoms with Gasteiger partial charge in [-0.1, -0.05) is 42.0 Å². The van der Waals surface area contributed by atoms with Gasteiger partial charge in [0, 0.05) is 17.6 Å². The molecule has 0 radical (unpaired) electrons. The third-order valence-electron chi connectivity index (χ3n) is 6.35. The fraction of sp³-hybridized carbons (Fsp3) is 0.355. The molecule has 0 bridgehead atoms. The summed E-state index contributed by atoms with van der Waals surface area (Å²) in [6.07, 6.45) is 0. The predicted molar refractivity (Wildman–Crippen MR) is 156 cm³/mol. The van der Waals surface area contributed by atoms with E-state index < -0.39 is 45.8 Å². The van der Waals surface area contributed by atoms with E-state index in [9.17, 15) is 22.4 Å². The maximum atomic E-state index is 14.7. The van der Waals surface area contributed by atoms with Crippen molar-refractivity contribution >= 4 is 27.5 Å². The number of benzene rings is 3. The van der Waals surface area contributed by atoms with Gasteiger partial charge >= 0.3 is 0 Å². The van der Waals surface area contributed by atoms with Crippen LogP contribution in [0.3, 0.4) is 0 Å². The van der Waals surface area contributed by atoms with E-state index in [1.165, 1.54) is 35.2 Å². The van der Waals surface area contributed by atoms with Crippen LogP contribution in [0.5, 0.6) is 0 Å². The summed E-state index contributed by atoms with van der Waals surface area (Å²) in [6.45, 7) is 11.7. The van der Waals surface area contributed by atoms with Gasteiger partial charge in [0.2, 0.25) is 11.8 Å². The van der Waals surface area contributed by atoms with E-state index in [2.05, 4.69) is 5.32 Å². The molecule has 3 aromatic carbocycles. The Kier molecular flexibility index (Phi) is 9.40. The van der Waals surface area contributed by atoms with Gasteiger partial charge in [-0.15, -0.1) is 0 Å². The average Bonchev–Trinajstić information content (AvgIpc) is 2.84. The molecule has 40 heavy (non-hydrogen) atoms. The summed E-state index contributed by atoms with van der Waals surface area (Å²) in [5, 5.41) is 2.86. The lowest BCUT2D eigenvalue weighted by molar-refractivity contribution is -0.140. The Labute approximate surface area is 237 Å². The molecule has 3 rings (SSSR count). The number of halogens is 1. The number of carbonyl (C=O) groups is 2. The lowest BCUT2D eigenvalue weighted by Gasteiger charge is -2.33. The standard InChI is InChI=1S/C31H38FN3O4S/c1-21-12-14-27(15-13-21)40(38,39)35(26-17-22(2)16-23(3)18-26)20-29(36)34(19-25-10-8-9-11-28(25)32)24(4)30(37)33-31(5,6)7/h8-18,24H,19-20H2,1-7H3,(H,33,37)/t24-/m0/s1. The average molecular weight is 568 g/mol. The largest absolute Gasteiger partial charge is 0.350 e. The topological polar surface area (TPSA) is 86.8 Å². The van der Waals surface area contributed by atoms with Gasteiger partial charge < -0.3 is 10.2 Å². The van der Waals surface area contributed by atoms with Gasteiger partial charge in [-0.05, 0) is 89.9 Å². The second-order valence-corrected chi connectivity index (χ2v) is 13.1. The summed E-state index contributed by atoms with van der Waals surface area (Å²) in [6, 6.07) is 16.7. The normalized spacial score (nSPS) is 12.5. The molecule has 0 saturated carbocycles. The highest BCUT2D eigenvalue weighted by Crippen LogP contribution is 2.27. The first kappa shape index (κ1) is 30.8. The van der Waals surface area contributed by atoms with Crippen molar-refractivity contribution in [2.24, 2.45) is 0 Å². The highest BCUT2D eigenvalue weighted by atomic mass is 32.2. The van der Waals surface area contributed by atoms with Crippen LogP contribution >= 0.6 is 0 Å². The Balaban J connectivity index is 2.08. The Morgan fingerprint density at radius 1 is 0.900 bits per heavy atom. The summed E-state index contributed by atoms with van der Waals surface area (Å²) >= 11 is 0. The first-order valence-electron chi connectivity index (χ1n) is 13.1. The lowest BCUT2D eigenvalue weighted by atomic mass is 10.1. The molecule has 3 aromatic rings. The maximum Gasteiger partial charge on any atom is 0.264 e. The molecule has 0 aliphatic carbocycles. The van der Waals surface area contributed by atoms with Crippen molar-refractivity contribution in [1.29, 1.82) is 0 Å². The van der Waals surface area contributed by atoms with Crippen molar-refractivity contribution in [3.05, 3.63) is 94.8 Å². The number of nitrogens with one attached hydrogen (secondary N) is 1. The zero-order valence-corrected chi connectivity index (χ0v) is 25.0. The highest BCUT2D eigenvalue weighted by Gasteiger charge is 2.33. The summed E-state index contributed by atoms with van der Waals surface area (Å²) in [5.41, 5.74) is 2.51. The lowest BCUT2D eigenvalue weighted by Crippen LogP contribution is -2.54. The number of nitrogens with zero attached hydrogens (tertiary/aromatic N) is 2. The minimum Gasteiger partial charge on any atom is -0.350 e. The van der Waals surface area contributed by atoms with E-state index in [1.807, 2.05) is 47.6 Å². The number of rotatable bonds is 9. The van der Waals surface area contributed by atoms with Gasteiger partial charge in [0.1, 0.15) is 18.4 Å². The van der Waals surface area contributed by atoms with Crippen molar-refractivity contribution in [3.63, 3.8) is 0 Å². The Bertz CT molecular complexity index is 1460. The molecule has 1 N–H and O–H groups in total. The van der Waals surface area contributed by atoms with E-state index in [1.54, 1.807) is 37.3 Å². The van der Waals surface area contributed by atoms with Crippen LogP contribution in [0.25, 0.3) is 0 Å². The summed E-state index contributed by atoms with van der Waals surface area (Å²) < 4.78 is 43.6. The van der Waals surface area contributed by atoms with Crippen molar-refractivity contribution in [3.8, 4) is 0 Å². The molecule has 9 heteroatoms. The summed E-state index contributed by atoms with van der Waals surface area (Å²) in [5.74, 6) is -1.60. The molecular weight excluding hydrogens is 529 g/mol. The minimum absolute atomic E-state index is 0.0317. The van der Waals surface area contributed by atoms with Crippen LogP contribution in [-0.2, 0) is 26.2 Å². The molecule has 0 aliphatic rings. The van der Waals surface area contributed by atoms with Crippen LogP contribution < -0.4 is 9.62 Å². The number of hydrogen-bond acceptors (Lipinski definition) is 4. The third kappa shape index (κ3) is 7.69. The van der Waals surface area contributed by atoms with E-state index >= 15 is 0 Å². The fourth-order valence-electron chi connectivity index (χ4n) is 4.33.